The van der Waals surface area contributed by atoms with Crippen molar-refractivity contribution in [3.05, 3.63) is 42.7 Å². The van der Waals surface area contributed by atoms with E-state index in [1.54, 1.807) is 12.1 Å². The van der Waals surface area contributed by atoms with E-state index in [1.807, 2.05) is 0 Å². The van der Waals surface area contributed by atoms with Crippen LogP contribution in [0.15, 0.2) is 52.3 Å². The number of aromatic nitrogens is 3. The van der Waals surface area contributed by atoms with Crippen molar-refractivity contribution in [1.29, 1.82) is 0 Å². The van der Waals surface area contributed by atoms with Gasteiger partial charge < -0.3 is 0 Å². The third-order valence-electron chi connectivity index (χ3n) is 2.47. The minimum Gasteiger partial charge on any atom is -0.280 e. The zero-order valence-electron chi connectivity index (χ0n) is 9.52. The molecule has 0 spiro atoms. The number of fused-ring (bicyclic) bond motifs is 1. The van der Waals surface area contributed by atoms with Gasteiger partial charge in [-0.15, -0.1) is 0 Å². The molecule has 19 heavy (non-hydrogen) atoms. The minimum atomic E-state index is -3.67. The van der Waals surface area contributed by atoms with Crippen LogP contribution in [0.3, 0.4) is 0 Å². The van der Waals surface area contributed by atoms with Crippen LogP contribution in [-0.2, 0) is 10.0 Å². The van der Waals surface area contributed by atoms with Crippen molar-refractivity contribution in [2.75, 3.05) is 4.72 Å². The molecule has 0 unspecified atom stereocenters. The number of nitrogens with one attached hydrogen (secondary N) is 1. The van der Waals surface area contributed by atoms with Gasteiger partial charge in [-0.25, -0.2) is 13.0 Å². The molecule has 0 atom stereocenters. The molecule has 0 saturated carbocycles. The minimum absolute atomic E-state index is 0.0903. The van der Waals surface area contributed by atoms with Gasteiger partial charge in [0.1, 0.15) is 11.0 Å². The second-order valence-corrected chi connectivity index (χ2v) is 5.44. The first kappa shape index (κ1) is 11.6. The van der Waals surface area contributed by atoms with E-state index in [1.165, 1.54) is 30.6 Å². The molecule has 0 aliphatic heterocycles. The number of hydrogen-bond donors (Lipinski definition) is 1. The third kappa shape index (κ3) is 2.25. The normalized spacial score (nSPS) is 11.6. The molecule has 2 heterocycles. The molecule has 0 aliphatic carbocycles. The summed E-state index contributed by atoms with van der Waals surface area (Å²) in [5.74, 6) is 0. The zero-order valence-corrected chi connectivity index (χ0v) is 10.3. The molecular weight excluding hydrogens is 268 g/mol. The molecule has 0 aliphatic rings. The molecule has 0 radical (unpaired) electrons. The van der Waals surface area contributed by atoms with Crippen molar-refractivity contribution in [3.63, 3.8) is 0 Å². The summed E-state index contributed by atoms with van der Waals surface area (Å²) in [7, 11) is -3.67. The van der Waals surface area contributed by atoms with Gasteiger partial charge in [0.05, 0.1) is 10.6 Å². The number of sulfonamides is 1. The molecular formula is C11H8N4O3S. The fourth-order valence-corrected chi connectivity index (χ4v) is 2.64. The Labute approximate surface area is 108 Å². The van der Waals surface area contributed by atoms with Crippen molar-refractivity contribution >= 4 is 26.7 Å². The third-order valence-corrected chi connectivity index (χ3v) is 3.85. The van der Waals surface area contributed by atoms with E-state index < -0.39 is 10.0 Å². The largest absolute Gasteiger partial charge is 0.280 e. The van der Waals surface area contributed by atoms with E-state index in [-0.39, 0.29) is 4.90 Å². The van der Waals surface area contributed by atoms with E-state index in [4.69, 9.17) is 0 Å². The zero-order chi connectivity index (χ0) is 13.3. The number of pyridine rings is 1. The first-order chi connectivity index (χ1) is 9.15. The Morgan fingerprint density at radius 3 is 2.53 bits per heavy atom. The number of anilines is 1. The Hall–Kier alpha value is -2.48. The molecule has 0 amide bonds. The Morgan fingerprint density at radius 1 is 1.00 bits per heavy atom. The van der Waals surface area contributed by atoms with Crippen LogP contribution in [0.4, 0.5) is 5.69 Å². The molecule has 0 saturated heterocycles. The van der Waals surface area contributed by atoms with Gasteiger partial charge in [-0.05, 0) is 40.6 Å². The van der Waals surface area contributed by atoms with Gasteiger partial charge in [0.2, 0.25) is 0 Å². The van der Waals surface area contributed by atoms with Crippen molar-refractivity contribution in [2.45, 2.75) is 4.90 Å². The maximum Gasteiger partial charge on any atom is 0.261 e. The summed E-state index contributed by atoms with van der Waals surface area (Å²) in [5.41, 5.74) is 1.33. The molecule has 3 aromatic rings. The average Bonchev–Trinajstić information content (AvgIpc) is 2.86. The molecule has 0 fully saturated rings. The maximum absolute atomic E-state index is 12.2. The van der Waals surface area contributed by atoms with Crippen LogP contribution in [-0.4, -0.2) is 23.7 Å². The van der Waals surface area contributed by atoms with Crippen LogP contribution in [0.5, 0.6) is 0 Å². The van der Waals surface area contributed by atoms with E-state index in [9.17, 15) is 8.42 Å². The van der Waals surface area contributed by atoms with Crippen molar-refractivity contribution in [2.24, 2.45) is 0 Å². The van der Waals surface area contributed by atoms with Gasteiger partial charge in [-0.2, -0.15) is 0 Å². The number of benzene rings is 1. The van der Waals surface area contributed by atoms with Gasteiger partial charge in [-0.1, -0.05) is 0 Å². The standard InChI is InChI=1S/C11H8N4O3S/c16-19(17,15-8-3-5-12-6-4-8)9-1-2-10-11(7-9)14-18-13-10/h1-7H,(H,12,15). The van der Waals surface area contributed by atoms with Crippen molar-refractivity contribution in [1.82, 2.24) is 15.3 Å². The first-order valence-electron chi connectivity index (χ1n) is 5.30. The van der Waals surface area contributed by atoms with Crippen LogP contribution in [0, 0.1) is 0 Å². The Kier molecular flexibility index (Phi) is 2.64. The quantitative estimate of drug-likeness (QED) is 0.776. The predicted molar refractivity (Wildman–Crippen MR) is 66.8 cm³/mol. The van der Waals surface area contributed by atoms with E-state index in [2.05, 4.69) is 24.6 Å². The first-order valence-corrected chi connectivity index (χ1v) is 6.79. The molecule has 2 aromatic heterocycles. The van der Waals surface area contributed by atoms with E-state index in [0.29, 0.717) is 16.7 Å². The summed E-state index contributed by atoms with van der Waals surface area (Å²) < 4.78 is 31.3. The lowest BCUT2D eigenvalue weighted by Gasteiger charge is -2.07. The smallest absolute Gasteiger partial charge is 0.261 e. The van der Waals surface area contributed by atoms with Crippen molar-refractivity contribution < 1.29 is 13.0 Å². The number of nitrogens with zero attached hydrogens (tertiary/aromatic N) is 3. The highest BCUT2D eigenvalue weighted by Gasteiger charge is 2.15. The lowest BCUT2D eigenvalue weighted by atomic mass is 10.3. The monoisotopic (exact) mass is 276 g/mol. The van der Waals surface area contributed by atoms with Crippen LogP contribution in [0.2, 0.25) is 0 Å². The van der Waals surface area contributed by atoms with Gasteiger partial charge in [0.15, 0.2) is 0 Å². The van der Waals surface area contributed by atoms with Gasteiger partial charge >= 0.3 is 0 Å². The second-order valence-electron chi connectivity index (χ2n) is 3.76. The number of rotatable bonds is 3. The summed E-state index contributed by atoms with van der Waals surface area (Å²) >= 11 is 0. The molecule has 7 nitrogen and oxygen atoms in total. The SMILES string of the molecule is O=S(=O)(Nc1ccncc1)c1ccc2nonc2c1. The lowest BCUT2D eigenvalue weighted by Crippen LogP contribution is -2.12. The summed E-state index contributed by atoms with van der Waals surface area (Å²) in [6, 6.07) is 7.50. The summed E-state index contributed by atoms with van der Waals surface area (Å²) in [6.45, 7) is 0. The Balaban J connectivity index is 1.99. The Bertz CT molecular complexity index is 814. The average molecular weight is 276 g/mol. The molecule has 8 heteroatoms. The summed E-state index contributed by atoms with van der Waals surface area (Å²) in [4.78, 5) is 3.91. The highest BCUT2D eigenvalue weighted by molar-refractivity contribution is 7.92. The van der Waals surface area contributed by atoms with Crippen LogP contribution in [0.25, 0.3) is 11.0 Å². The predicted octanol–water partition coefficient (Wildman–Crippen LogP) is 1.42. The fourth-order valence-electron chi connectivity index (χ4n) is 1.56. The van der Waals surface area contributed by atoms with Gasteiger partial charge in [-0.3, -0.25) is 9.71 Å². The van der Waals surface area contributed by atoms with Crippen molar-refractivity contribution in [3.8, 4) is 0 Å². The van der Waals surface area contributed by atoms with Gasteiger partial charge in [0.25, 0.3) is 10.0 Å². The maximum atomic E-state index is 12.2. The van der Waals surface area contributed by atoms with Crippen LogP contribution < -0.4 is 4.72 Å². The molecule has 0 bridgehead atoms. The highest BCUT2D eigenvalue weighted by atomic mass is 32.2. The number of hydrogen-bond acceptors (Lipinski definition) is 6. The van der Waals surface area contributed by atoms with E-state index >= 15 is 0 Å². The van der Waals surface area contributed by atoms with Gasteiger partial charge in [0, 0.05) is 12.4 Å². The van der Waals surface area contributed by atoms with E-state index in [0.717, 1.165) is 0 Å². The second kappa shape index (κ2) is 4.32. The molecule has 96 valence electrons. The highest BCUT2D eigenvalue weighted by Crippen LogP contribution is 2.18. The lowest BCUT2D eigenvalue weighted by molar-refractivity contribution is 0.315. The molecule has 1 N–H and O–H groups in total. The molecule has 1 aromatic carbocycles. The van der Waals surface area contributed by atoms with Crippen LogP contribution in [0.1, 0.15) is 0 Å². The van der Waals surface area contributed by atoms with Crippen LogP contribution >= 0.6 is 0 Å². The molecule has 3 rings (SSSR count). The Morgan fingerprint density at radius 2 is 1.74 bits per heavy atom. The summed E-state index contributed by atoms with van der Waals surface area (Å²) in [6.07, 6.45) is 3.01. The topological polar surface area (TPSA) is 98.0 Å². The fraction of sp³-hybridized carbons (Fsp3) is 0. The summed E-state index contributed by atoms with van der Waals surface area (Å²) in [5, 5.41) is 7.23.